The summed E-state index contributed by atoms with van der Waals surface area (Å²) in [4.78, 5) is 12.3. The van der Waals surface area contributed by atoms with E-state index in [4.69, 9.17) is 4.42 Å². The Labute approximate surface area is 166 Å². The molecule has 1 N–H and O–H groups in total. The van der Waals surface area contributed by atoms with Crippen LogP contribution in [0.25, 0.3) is 11.5 Å². The first-order valence-electron chi connectivity index (χ1n) is 8.75. The Balaban J connectivity index is 1.35. The van der Waals surface area contributed by atoms with Gasteiger partial charge in [0.2, 0.25) is 5.89 Å². The van der Waals surface area contributed by atoms with Crippen LogP contribution in [0.4, 0.5) is 5.69 Å². The molecule has 4 aromatic rings. The van der Waals surface area contributed by atoms with Gasteiger partial charge >= 0.3 is 0 Å². The van der Waals surface area contributed by atoms with E-state index in [1.165, 1.54) is 11.8 Å². The SMILES string of the molecule is O=C(Nc1ccccc1)c1ccc(CSc2nnc(-c3ccccc3)o2)cc1. The average Bonchev–Trinajstić information content (AvgIpc) is 3.23. The summed E-state index contributed by atoms with van der Waals surface area (Å²) in [6, 6.07) is 26.6. The van der Waals surface area contributed by atoms with Crippen molar-refractivity contribution in [3.8, 4) is 11.5 Å². The van der Waals surface area contributed by atoms with Gasteiger partial charge in [0.25, 0.3) is 11.1 Å². The van der Waals surface area contributed by atoms with Gasteiger partial charge < -0.3 is 9.73 Å². The molecule has 1 amide bonds. The molecule has 3 aromatic carbocycles. The molecule has 0 saturated heterocycles. The molecule has 0 aliphatic heterocycles. The van der Waals surface area contributed by atoms with Crippen LogP contribution >= 0.6 is 11.8 Å². The van der Waals surface area contributed by atoms with Gasteiger partial charge in [-0.2, -0.15) is 0 Å². The topological polar surface area (TPSA) is 68.0 Å². The first-order chi connectivity index (χ1) is 13.8. The zero-order valence-corrected chi connectivity index (χ0v) is 15.7. The molecular weight excluding hydrogens is 370 g/mol. The highest BCUT2D eigenvalue weighted by Crippen LogP contribution is 2.25. The lowest BCUT2D eigenvalue weighted by Crippen LogP contribution is -2.11. The zero-order chi connectivity index (χ0) is 19.2. The molecule has 0 fully saturated rings. The van der Waals surface area contributed by atoms with Crippen LogP contribution in [-0.4, -0.2) is 16.1 Å². The number of amides is 1. The number of para-hydroxylation sites is 1. The molecule has 28 heavy (non-hydrogen) atoms. The standard InChI is InChI=1S/C22H17N3O2S/c26-20(23-19-9-5-2-6-10-19)17-13-11-16(12-14-17)15-28-22-25-24-21(27-22)18-7-3-1-4-8-18/h1-14H,15H2,(H,23,26). The molecule has 0 spiro atoms. The molecule has 0 saturated carbocycles. The lowest BCUT2D eigenvalue weighted by molar-refractivity contribution is 0.102. The summed E-state index contributed by atoms with van der Waals surface area (Å²) in [5, 5.41) is 11.6. The summed E-state index contributed by atoms with van der Waals surface area (Å²) >= 11 is 1.47. The molecule has 1 heterocycles. The van der Waals surface area contributed by atoms with Crippen LogP contribution in [0.15, 0.2) is 94.6 Å². The quantitative estimate of drug-likeness (QED) is 0.456. The molecule has 0 unspecified atom stereocenters. The number of nitrogens with one attached hydrogen (secondary N) is 1. The Morgan fingerprint density at radius 2 is 1.54 bits per heavy atom. The van der Waals surface area contributed by atoms with Gasteiger partial charge in [0, 0.05) is 22.6 Å². The van der Waals surface area contributed by atoms with Crippen molar-refractivity contribution in [2.24, 2.45) is 0 Å². The summed E-state index contributed by atoms with van der Waals surface area (Å²) < 4.78 is 5.70. The number of aromatic nitrogens is 2. The smallest absolute Gasteiger partial charge is 0.277 e. The van der Waals surface area contributed by atoms with E-state index in [0.29, 0.717) is 22.4 Å². The van der Waals surface area contributed by atoms with Gasteiger partial charge in [-0.3, -0.25) is 4.79 Å². The largest absolute Gasteiger partial charge is 0.411 e. The number of rotatable bonds is 6. The van der Waals surface area contributed by atoms with E-state index in [1.54, 1.807) is 0 Å². The monoisotopic (exact) mass is 387 g/mol. The van der Waals surface area contributed by atoms with Gasteiger partial charge in [-0.05, 0) is 42.0 Å². The maximum atomic E-state index is 12.3. The second-order valence-corrected chi connectivity index (χ2v) is 6.97. The lowest BCUT2D eigenvalue weighted by Gasteiger charge is -2.06. The molecule has 0 bridgehead atoms. The van der Waals surface area contributed by atoms with Crippen molar-refractivity contribution in [2.45, 2.75) is 11.0 Å². The zero-order valence-electron chi connectivity index (χ0n) is 14.9. The molecule has 4 rings (SSSR count). The first-order valence-corrected chi connectivity index (χ1v) is 9.73. The Morgan fingerprint density at radius 1 is 0.857 bits per heavy atom. The highest BCUT2D eigenvalue weighted by Gasteiger charge is 2.10. The summed E-state index contributed by atoms with van der Waals surface area (Å²) in [6.07, 6.45) is 0. The van der Waals surface area contributed by atoms with E-state index in [9.17, 15) is 4.79 Å². The van der Waals surface area contributed by atoms with Gasteiger partial charge in [-0.25, -0.2) is 0 Å². The summed E-state index contributed by atoms with van der Waals surface area (Å²) in [6.45, 7) is 0. The minimum Gasteiger partial charge on any atom is -0.411 e. The normalized spacial score (nSPS) is 10.6. The number of hydrogen-bond donors (Lipinski definition) is 1. The van der Waals surface area contributed by atoms with Crippen molar-refractivity contribution in [3.63, 3.8) is 0 Å². The van der Waals surface area contributed by atoms with Crippen molar-refractivity contribution in [1.29, 1.82) is 0 Å². The molecule has 0 radical (unpaired) electrons. The molecule has 0 atom stereocenters. The number of carbonyl (C=O) groups is 1. The highest BCUT2D eigenvalue weighted by molar-refractivity contribution is 7.98. The van der Waals surface area contributed by atoms with Crippen LogP contribution in [0.3, 0.4) is 0 Å². The van der Waals surface area contributed by atoms with Crippen LogP contribution in [-0.2, 0) is 5.75 Å². The van der Waals surface area contributed by atoms with Crippen molar-refractivity contribution in [3.05, 3.63) is 96.1 Å². The molecule has 5 nitrogen and oxygen atoms in total. The van der Waals surface area contributed by atoms with E-state index in [0.717, 1.165) is 16.8 Å². The number of carbonyl (C=O) groups excluding carboxylic acids is 1. The van der Waals surface area contributed by atoms with Gasteiger partial charge in [-0.1, -0.05) is 60.3 Å². The lowest BCUT2D eigenvalue weighted by atomic mass is 10.1. The van der Waals surface area contributed by atoms with Crippen molar-refractivity contribution >= 4 is 23.4 Å². The Bertz CT molecular complexity index is 1050. The van der Waals surface area contributed by atoms with E-state index in [-0.39, 0.29) is 5.91 Å². The maximum absolute atomic E-state index is 12.3. The second-order valence-electron chi connectivity index (χ2n) is 6.04. The number of anilines is 1. The minimum absolute atomic E-state index is 0.130. The third-order valence-corrected chi connectivity index (χ3v) is 4.93. The molecule has 0 aliphatic rings. The average molecular weight is 387 g/mol. The van der Waals surface area contributed by atoms with Crippen LogP contribution < -0.4 is 5.32 Å². The Kier molecular flexibility index (Phi) is 5.49. The molecular formula is C22H17N3O2S. The second kappa shape index (κ2) is 8.54. The van der Waals surface area contributed by atoms with Crippen LogP contribution in [0.2, 0.25) is 0 Å². The Hall–Kier alpha value is -3.38. The molecule has 1 aromatic heterocycles. The number of benzene rings is 3. The van der Waals surface area contributed by atoms with Gasteiger partial charge in [0.15, 0.2) is 0 Å². The van der Waals surface area contributed by atoms with Gasteiger partial charge in [0.1, 0.15) is 0 Å². The van der Waals surface area contributed by atoms with E-state index < -0.39 is 0 Å². The fourth-order valence-electron chi connectivity index (χ4n) is 2.59. The summed E-state index contributed by atoms with van der Waals surface area (Å²) in [5.41, 5.74) is 3.36. The molecule has 0 aliphatic carbocycles. The van der Waals surface area contributed by atoms with E-state index >= 15 is 0 Å². The van der Waals surface area contributed by atoms with Gasteiger partial charge in [-0.15, -0.1) is 10.2 Å². The predicted octanol–water partition coefficient (Wildman–Crippen LogP) is 5.28. The van der Waals surface area contributed by atoms with Crippen LogP contribution in [0.5, 0.6) is 0 Å². The minimum atomic E-state index is -0.130. The van der Waals surface area contributed by atoms with E-state index in [2.05, 4.69) is 15.5 Å². The first kappa shape index (κ1) is 18.0. The number of nitrogens with zero attached hydrogens (tertiary/aromatic N) is 2. The third kappa shape index (κ3) is 4.47. The summed E-state index contributed by atoms with van der Waals surface area (Å²) in [7, 11) is 0. The predicted molar refractivity (Wildman–Crippen MR) is 110 cm³/mol. The Morgan fingerprint density at radius 3 is 2.25 bits per heavy atom. The van der Waals surface area contributed by atoms with Crippen molar-refractivity contribution in [2.75, 3.05) is 5.32 Å². The molecule has 6 heteroatoms. The highest BCUT2D eigenvalue weighted by atomic mass is 32.2. The van der Waals surface area contributed by atoms with Crippen molar-refractivity contribution < 1.29 is 9.21 Å². The number of thioether (sulfide) groups is 1. The van der Waals surface area contributed by atoms with Crippen LogP contribution in [0, 0.1) is 0 Å². The van der Waals surface area contributed by atoms with E-state index in [1.807, 2.05) is 84.9 Å². The fraction of sp³-hybridized carbons (Fsp3) is 0.0455. The fourth-order valence-corrected chi connectivity index (χ4v) is 3.31. The summed E-state index contributed by atoms with van der Waals surface area (Å²) in [5.74, 6) is 1.06. The van der Waals surface area contributed by atoms with Gasteiger partial charge in [0.05, 0.1) is 0 Å². The molecule has 138 valence electrons. The maximum Gasteiger partial charge on any atom is 0.277 e. The number of hydrogen-bond acceptors (Lipinski definition) is 5. The van der Waals surface area contributed by atoms with Crippen LogP contribution in [0.1, 0.15) is 15.9 Å². The third-order valence-electron chi connectivity index (χ3n) is 4.04. The van der Waals surface area contributed by atoms with Crippen molar-refractivity contribution in [1.82, 2.24) is 10.2 Å².